The highest BCUT2D eigenvalue weighted by Crippen LogP contribution is 2.30. The third-order valence-electron chi connectivity index (χ3n) is 3.96. The van der Waals surface area contributed by atoms with E-state index in [4.69, 9.17) is 0 Å². The average molecular weight is 220 g/mol. The lowest BCUT2D eigenvalue weighted by molar-refractivity contribution is 0.477. The van der Waals surface area contributed by atoms with Crippen LogP contribution in [-0.4, -0.2) is 27.4 Å². The molecule has 1 saturated carbocycles. The van der Waals surface area contributed by atoms with Crippen LogP contribution in [0, 0.1) is 0 Å². The standard InChI is InChI=1S/C12H20N4/c1-2-6-11(5-1)16-9-14-15-12(16)8-10-4-3-7-13-10/h9-11,13H,1-8H2. The number of hydrogen-bond donors (Lipinski definition) is 1. The first-order valence-electron chi connectivity index (χ1n) is 6.55. The molecule has 1 aliphatic carbocycles. The van der Waals surface area contributed by atoms with Crippen molar-refractivity contribution in [1.29, 1.82) is 0 Å². The van der Waals surface area contributed by atoms with E-state index < -0.39 is 0 Å². The molecule has 4 nitrogen and oxygen atoms in total. The fraction of sp³-hybridized carbons (Fsp3) is 0.833. The van der Waals surface area contributed by atoms with Crippen molar-refractivity contribution in [3.8, 4) is 0 Å². The molecule has 1 aromatic rings. The van der Waals surface area contributed by atoms with Crippen LogP contribution in [0.4, 0.5) is 0 Å². The average Bonchev–Trinajstić information content (AvgIpc) is 2.98. The van der Waals surface area contributed by atoms with Gasteiger partial charge >= 0.3 is 0 Å². The van der Waals surface area contributed by atoms with E-state index in [0.29, 0.717) is 12.1 Å². The first kappa shape index (κ1) is 10.3. The SMILES string of the molecule is c1nnc(CC2CCCN2)n1C1CCCC1. The molecule has 0 bridgehead atoms. The van der Waals surface area contributed by atoms with E-state index in [1.54, 1.807) is 0 Å². The van der Waals surface area contributed by atoms with Gasteiger partial charge in [-0.05, 0) is 32.2 Å². The monoisotopic (exact) mass is 220 g/mol. The predicted molar refractivity (Wildman–Crippen MR) is 62.3 cm³/mol. The van der Waals surface area contributed by atoms with E-state index in [2.05, 4.69) is 20.1 Å². The third kappa shape index (κ3) is 1.98. The van der Waals surface area contributed by atoms with Crippen molar-refractivity contribution in [1.82, 2.24) is 20.1 Å². The zero-order valence-electron chi connectivity index (χ0n) is 9.73. The van der Waals surface area contributed by atoms with Crippen LogP contribution >= 0.6 is 0 Å². The normalized spacial score (nSPS) is 26.6. The Balaban J connectivity index is 1.71. The summed E-state index contributed by atoms with van der Waals surface area (Å²) in [6.07, 6.45) is 10.9. The van der Waals surface area contributed by atoms with E-state index in [9.17, 15) is 0 Å². The highest BCUT2D eigenvalue weighted by atomic mass is 15.3. The molecular weight excluding hydrogens is 200 g/mol. The smallest absolute Gasteiger partial charge is 0.134 e. The molecule has 16 heavy (non-hydrogen) atoms. The number of nitrogens with one attached hydrogen (secondary N) is 1. The quantitative estimate of drug-likeness (QED) is 0.843. The molecule has 3 rings (SSSR count). The second-order valence-electron chi connectivity index (χ2n) is 5.09. The van der Waals surface area contributed by atoms with Crippen LogP contribution in [0.2, 0.25) is 0 Å². The summed E-state index contributed by atoms with van der Waals surface area (Å²) in [7, 11) is 0. The lowest BCUT2D eigenvalue weighted by Crippen LogP contribution is -2.25. The van der Waals surface area contributed by atoms with Gasteiger partial charge in [0.25, 0.3) is 0 Å². The number of hydrogen-bond acceptors (Lipinski definition) is 3. The Labute approximate surface area is 96.4 Å². The second kappa shape index (κ2) is 4.53. The topological polar surface area (TPSA) is 42.7 Å². The Kier molecular flexibility index (Phi) is 2.91. The van der Waals surface area contributed by atoms with Crippen molar-refractivity contribution >= 4 is 0 Å². The number of nitrogens with zero attached hydrogens (tertiary/aromatic N) is 3. The van der Waals surface area contributed by atoms with Gasteiger partial charge in [-0.25, -0.2) is 0 Å². The second-order valence-corrected chi connectivity index (χ2v) is 5.09. The Morgan fingerprint density at radius 1 is 1.25 bits per heavy atom. The number of rotatable bonds is 3. The Morgan fingerprint density at radius 3 is 2.88 bits per heavy atom. The van der Waals surface area contributed by atoms with Gasteiger partial charge in [-0.2, -0.15) is 0 Å². The molecule has 1 N–H and O–H groups in total. The Hall–Kier alpha value is -0.900. The summed E-state index contributed by atoms with van der Waals surface area (Å²) in [5.74, 6) is 1.19. The first-order valence-corrected chi connectivity index (χ1v) is 6.55. The van der Waals surface area contributed by atoms with Crippen molar-refractivity contribution in [2.24, 2.45) is 0 Å². The lowest BCUT2D eigenvalue weighted by atomic mass is 10.1. The summed E-state index contributed by atoms with van der Waals surface area (Å²) in [5.41, 5.74) is 0. The van der Waals surface area contributed by atoms with Gasteiger partial charge in [0.15, 0.2) is 0 Å². The first-order chi connectivity index (χ1) is 7.93. The molecule has 0 radical (unpaired) electrons. The Morgan fingerprint density at radius 2 is 2.12 bits per heavy atom. The molecule has 1 saturated heterocycles. The zero-order chi connectivity index (χ0) is 10.8. The lowest BCUT2D eigenvalue weighted by Gasteiger charge is -2.15. The molecule has 4 heteroatoms. The summed E-state index contributed by atoms with van der Waals surface area (Å²) in [6, 6.07) is 1.30. The predicted octanol–water partition coefficient (Wildman–Crippen LogP) is 1.69. The highest BCUT2D eigenvalue weighted by molar-refractivity contribution is 4.95. The van der Waals surface area contributed by atoms with Gasteiger partial charge in [-0.15, -0.1) is 10.2 Å². The van der Waals surface area contributed by atoms with E-state index in [-0.39, 0.29) is 0 Å². The fourth-order valence-corrected chi connectivity index (χ4v) is 3.05. The van der Waals surface area contributed by atoms with Gasteiger partial charge in [0.1, 0.15) is 12.2 Å². The molecular formula is C12H20N4. The zero-order valence-corrected chi connectivity index (χ0v) is 9.73. The maximum Gasteiger partial charge on any atom is 0.134 e. The molecule has 0 spiro atoms. The van der Waals surface area contributed by atoms with Crippen molar-refractivity contribution < 1.29 is 0 Å². The molecule has 1 unspecified atom stereocenters. The van der Waals surface area contributed by atoms with Crippen LogP contribution in [0.25, 0.3) is 0 Å². The maximum atomic E-state index is 4.30. The maximum absolute atomic E-state index is 4.30. The molecule has 0 aromatic carbocycles. The van der Waals surface area contributed by atoms with Gasteiger partial charge in [-0.3, -0.25) is 0 Å². The van der Waals surface area contributed by atoms with Crippen LogP contribution < -0.4 is 5.32 Å². The molecule has 1 aromatic heterocycles. The van der Waals surface area contributed by atoms with E-state index >= 15 is 0 Å². The third-order valence-corrected chi connectivity index (χ3v) is 3.96. The van der Waals surface area contributed by atoms with Gasteiger partial charge in [0.2, 0.25) is 0 Å². The van der Waals surface area contributed by atoms with E-state index in [0.717, 1.165) is 6.42 Å². The molecule has 0 amide bonds. The van der Waals surface area contributed by atoms with E-state index in [1.165, 1.54) is 50.9 Å². The molecule has 88 valence electrons. The van der Waals surface area contributed by atoms with Crippen LogP contribution in [-0.2, 0) is 6.42 Å². The summed E-state index contributed by atoms with van der Waals surface area (Å²) in [5, 5.41) is 11.9. The summed E-state index contributed by atoms with van der Waals surface area (Å²) in [6.45, 7) is 1.17. The minimum Gasteiger partial charge on any atom is -0.314 e. The molecule has 2 heterocycles. The van der Waals surface area contributed by atoms with Gasteiger partial charge < -0.3 is 9.88 Å². The molecule has 2 fully saturated rings. The largest absolute Gasteiger partial charge is 0.314 e. The Bertz CT molecular complexity index is 335. The van der Waals surface area contributed by atoms with Crippen LogP contribution in [0.3, 0.4) is 0 Å². The van der Waals surface area contributed by atoms with Crippen LogP contribution in [0.15, 0.2) is 6.33 Å². The van der Waals surface area contributed by atoms with Gasteiger partial charge in [-0.1, -0.05) is 12.8 Å². The van der Waals surface area contributed by atoms with E-state index in [1.807, 2.05) is 6.33 Å². The fourth-order valence-electron chi connectivity index (χ4n) is 3.05. The summed E-state index contributed by atoms with van der Waals surface area (Å²) >= 11 is 0. The van der Waals surface area contributed by atoms with Crippen LogP contribution in [0.5, 0.6) is 0 Å². The minimum absolute atomic E-state index is 0.629. The summed E-state index contributed by atoms with van der Waals surface area (Å²) in [4.78, 5) is 0. The number of aromatic nitrogens is 3. The molecule has 2 aliphatic rings. The van der Waals surface area contributed by atoms with Crippen LogP contribution in [0.1, 0.15) is 50.4 Å². The van der Waals surface area contributed by atoms with Crippen molar-refractivity contribution in [2.45, 2.75) is 57.0 Å². The van der Waals surface area contributed by atoms with Crippen molar-refractivity contribution in [2.75, 3.05) is 6.54 Å². The highest BCUT2D eigenvalue weighted by Gasteiger charge is 2.22. The summed E-state index contributed by atoms with van der Waals surface area (Å²) < 4.78 is 2.33. The molecule has 1 aliphatic heterocycles. The molecule has 1 atom stereocenters. The van der Waals surface area contributed by atoms with Gasteiger partial charge in [0, 0.05) is 18.5 Å². The van der Waals surface area contributed by atoms with Crippen molar-refractivity contribution in [3.63, 3.8) is 0 Å². The minimum atomic E-state index is 0.629. The van der Waals surface area contributed by atoms with Crippen molar-refractivity contribution in [3.05, 3.63) is 12.2 Å². The van der Waals surface area contributed by atoms with Gasteiger partial charge in [0.05, 0.1) is 0 Å².